The molecule has 1 amide bonds. The monoisotopic (exact) mass is 345 g/mol. The quantitative estimate of drug-likeness (QED) is 0.872. The first kappa shape index (κ1) is 17.3. The Hall–Kier alpha value is -2.03. The van der Waals surface area contributed by atoms with Crippen LogP contribution >= 0.6 is 11.8 Å². The van der Waals surface area contributed by atoms with E-state index in [4.69, 9.17) is 4.52 Å². The van der Waals surface area contributed by atoms with Gasteiger partial charge in [-0.3, -0.25) is 4.79 Å². The summed E-state index contributed by atoms with van der Waals surface area (Å²) in [4.78, 5) is 15.7. The van der Waals surface area contributed by atoms with E-state index < -0.39 is 23.9 Å². The second-order valence-electron chi connectivity index (χ2n) is 4.66. The smallest absolute Gasteiger partial charge is 0.346 e. The topological polar surface area (TPSA) is 68.0 Å². The van der Waals surface area contributed by atoms with E-state index in [1.165, 1.54) is 6.92 Å². The van der Waals surface area contributed by atoms with Crippen LogP contribution in [0.1, 0.15) is 12.8 Å². The lowest BCUT2D eigenvalue weighted by molar-refractivity contribution is -0.137. The SMILES string of the molecule is CC(SCc1nc(-c2ccccc2)no1)C(=O)NCC(F)(F)F. The molecule has 2 rings (SSSR count). The van der Waals surface area contributed by atoms with Gasteiger partial charge in [-0.25, -0.2) is 0 Å². The van der Waals surface area contributed by atoms with Crippen LogP contribution in [0.3, 0.4) is 0 Å². The normalized spacial score (nSPS) is 12.9. The molecule has 1 aromatic carbocycles. The van der Waals surface area contributed by atoms with E-state index in [-0.39, 0.29) is 5.75 Å². The Bertz CT molecular complexity index is 646. The Morgan fingerprint density at radius 2 is 2.04 bits per heavy atom. The number of alkyl halides is 3. The molecule has 0 aliphatic carbocycles. The molecule has 1 N–H and O–H groups in total. The maximum Gasteiger partial charge on any atom is 0.405 e. The Morgan fingerprint density at radius 1 is 1.35 bits per heavy atom. The summed E-state index contributed by atoms with van der Waals surface area (Å²) < 4.78 is 41.2. The van der Waals surface area contributed by atoms with Gasteiger partial charge in [-0.05, 0) is 6.92 Å². The molecule has 1 aromatic heterocycles. The maximum atomic E-state index is 12.0. The number of hydrogen-bond donors (Lipinski definition) is 1. The van der Waals surface area contributed by atoms with Crippen molar-refractivity contribution in [2.75, 3.05) is 6.54 Å². The molecular weight excluding hydrogens is 331 g/mol. The van der Waals surface area contributed by atoms with Crippen molar-refractivity contribution in [1.82, 2.24) is 15.5 Å². The molecule has 0 bridgehead atoms. The number of thioether (sulfide) groups is 1. The molecule has 1 unspecified atom stereocenters. The number of carbonyl (C=O) groups excluding carboxylic acids is 1. The Morgan fingerprint density at radius 3 is 2.70 bits per heavy atom. The van der Waals surface area contributed by atoms with Crippen LogP contribution in [-0.4, -0.2) is 34.0 Å². The molecule has 0 spiro atoms. The average molecular weight is 345 g/mol. The summed E-state index contributed by atoms with van der Waals surface area (Å²) in [7, 11) is 0. The number of carbonyl (C=O) groups is 1. The largest absolute Gasteiger partial charge is 0.405 e. The van der Waals surface area contributed by atoms with Gasteiger partial charge in [0.05, 0.1) is 11.0 Å². The number of nitrogens with one attached hydrogen (secondary N) is 1. The van der Waals surface area contributed by atoms with E-state index in [2.05, 4.69) is 10.1 Å². The molecule has 2 aromatic rings. The maximum absolute atomic E-state index is 12.0. The summed E-state index contributed by atoms with van der Waals surface area (Å²) in [5, 5.41) is 5.00. The molecule has 9 heteroatoms. The zero-order valence-corrected chi connectivity index (χ0v) is 12.9. The molecule has 0 saturated heterocycles. The molecule has 0 radical (unpaired) electrons. The lowest BCUT2D eigenvalue weighted by Crippen LogP contribution is -2.38. The molecule has 23 heavy (non-hydrogen) atoms. The molecule has 1 atom stereocenters. The van der Waals surface area contributed by atoms with Crippen molar-refractivity contribution in [2.24, 2.45) is 0 Å². The summed E-state index contributed by atoms with van der Waals surface area (Å²) in [6.07, 6.45) is -4.42. The third-order valence-corrected chi connectivity index (χ3v) is 3.92. The Kier molecular flexibility index (Phi) is 5.64. The van der Waals surface area contributed by atoms with Crippen molar-refractivity contribution >= 4 is 17.7 Å². The van der Waals surface area contributed by atoms with Crippen LogP contribution in [0.4, 0.5) is 13.2 Å². The molecular formula is C14H14F3N3O2S. The minimum atomic E-state index is -4.42. The van der Waals surface area contributed by atoms with Gasteiger partial charge in [0.25, 0.3) is 0 Å². The highest BCUT2D eigenvalue weighted by Gasteiger charge is 2.28. The van der Waals surface area contributed by atoms with E-state index in [0.717, 1.165) is 17.3 Å². The fourth-order valence-electron chi connectivity index (χ4n) is 1.62. The first-order chi connectivity index (χ1) is 10.8. The molecule has 124 valence electrons. The van der Waals surface area contributed by atoms with Crippen LogP contribution in [0, 0.1) is 0 Å². The van der Waals surface area contributed by atoms with Gasteiger partial charge in [0.1, 0.15) is 6.54 Å². The van der Waals surface area contributed by atoms with Crippen molar-refractivity contribution in [1.29, 1.82) is 0 Å². The minimum Gasteiger partial charge on any atom is -0.346 e. The number of aromatic nitrogens is 2. The van der Waals surface area contributed by atoms with Crippen molar-refractivity contribution < 1.29 is 22.5 Å². The summed E-state index contributed by atoms with van der Waals surface area (Å²) in [6.45, 7) is 0.181. The molecule has 0 aliphatic rings. The summed E-state index contributed by atoms with van der Waals surface area (Å²) >= 11 is 1.12. The molecule has 0 fully saturated rings. The highest BCUT2D eigenvalue weighted by Crippen LogP contribution is 2.20. The first-order valence-corrected chi connectivity index (χ1v) is 7.74. The van der Waals surface area contributed by atoms with E-state index in [0.29, 0.717) is 11.7 Å². The fourth-order valence-corrected chi connectivity index (χ4v) is 2.37. The minimum absolute atomic E-state index is 0.237. The van der Waals surface area contributed by atoms with Crippen LogP contribution in [0.25, 0.3) is 11.4 Å². The van der Waals surface area contributed by atoms with Gasteiger partial charge in [0, 0.05) is 5.56 Å². The predicted molar refractivity (Wildman–Crippen MR) is 79.6 cm³/mol. The van der Waals surface area contributed by atoms with Gasteiger partial charge in [-0.2, -0.15) is 18.2 Å². The first-order valence-electron chi connectivity index (χ1n) is 6.69. The van der Waals surface area contributed by atoms with Crippen LogP contribution in [-0.2, 0) is 10.5 Å². The highest BCUT2D eigenvalue weighted by molar-refractivity contribution is 7.99. The van der Waals surface area contributed by atoms with Gasteiger partial charge in [-0.15, -0.1) is 11.8 Å². The van der Waals surface area contributed by atoms with Crippen molar-refractivity contribution in [3.63, 3.8) is 0 Å². The number of rotatable bonds is 6. The number of hydrogen-bond acceptors (Lipinski definition) is 5. The fraction of sp³-hybridized carbons (Fsp3) is 0.357. The van der Waals surface area contributed by atoms with Gasteiger partial charge >= 0.3 is 6.18 Å². The van der Waals surface area contributed by atoms with E-state index in [9.17, 15) is 18.0 Å². The van der Waals surface area contributed by atoms with E-state index in [1.807, 2.05) is 35.6 Å². The van der Waals surface area contributed by atoms with Crippen LogP contribution in [0.15, 0.2) is 34.9 Å². The summed E-state index contributed by atoms with van der Waals surface area (Å²) in [5.41, 5.74) is 0.795. The second-order valence-corrected chi connectivity index (χ2v) is 5.99. The molecule has 1 heterocycles. The van der Waals surface area contributed by atoms with Crippen LogP contribution in [0.2, 0.25) is 0 Å². The van der Waals surface area contributed by atoms with Crippen molar-refractivity contribution in [2.45, 2.75) is 24.1 Å². The zero-order valence-electron chi connectivity index (χ0n) is 12.1. The van der Waals surface area contributed by atoms with Gasteiger partial charge in [0.2, 0.25) is 17.6 Å². The number of halogens is 3. The second kappa shape index (κ2) is 7.49. The van der Waals surface area contributed by atoms with Crippen molar-refractivity contribution in [3.05, 3.63) is 36.2 Å². The highest BCUT2D eigenvalue weighted by atomic mass is 32.2. The number of nitrogens with zero attached hydrogens (tertiary/aromatic N) is 2. The van der Waals surface area contributed by atoms with Crippen molar-refractivity contribution in [3.8, 4) is 11.4 Å². The average Bonchev–Trinajstić information content (AvgIpc) is 2.99. The Labute approximate surface area is 134 Å². The van der Waals surface area contributed by atoms with Gasteiger partial charge in [0.15, 0.2) is 0 Å². The number of benzene rings is 1. The zero-order chi connectivity index (χ0) is 16.9. The molecule has 5 nitrogen and oxygen atoms in total. The van der Waals surface area contributed by atoms with E-state index >= 15 is 0 Å². The van der Waals surface area contributed by atoms with Crippen LogP contribution in [0.5, 0.6) is 0 Å². The lowest BCUT2D eigenvalue weighted by Gasteiger charge is -2.12. The predicted octanol–water partition coefficient (Wildman–Crippen LogP) is 3.04. The third kappa shape index (κ3) is 5.59. The van der Waals surface area contributed by atoms with Gasteiger partial charge < -0.3 is 9.84 Å². The summed E-state index contributed by atoms with van der Waals surface area (Å²) in [6, 6.07) is 9.20. The van der Waals surface area contributed by atoms with Gasteiger partial charge in [-0.1, -0.05) is 35.5 Å². The molecule has 0 aliphatic heterocycles. The lowest BCUT2D eigenvalue weighted by atomic mass is 10.2. The summed E-state index contributed by atoms with van der Waals surface area (Å²) in [5.74, 6) is 0.287. The van der Waals surface area contributed by atoms with Crippen LogP contribution < -0.4 is 5.32 Å². The van der Waals surface area contributed by atoms with E-state index in [1.54, 1.807) is 0 Å². The number of amides is 1. The standard InChI is InChI=1S/C14H14F3N3O2S/c1-9(13(21)18-8-14(15,16)17)23-7-11-19-12(20-22-11)10-5-3-2-4-6-10/h2-6,9H,7-8H2,1H3,(H,18,21). The Balaban J connectivity index is 1.84. The third-order valence-electron chi connectivity index (χ3n) is 2.79. The molecule has 0 saturated carbocycles.